The number of halogens is 4. The highest BCUT2D eigenvalue weighted by Gasteiger charge is 2.36. The number of benzene rings is 1. The molecule has 1 aliphatic heterocycles. The molecular formula is C15H18ClF3N2. The molecule has 1 aromatic rings. The standard InChI is InChI=1S/C15H18ClF3N2/c1-2-3-14(21-8-6-20-7-9-21)12-5-4-11(16)10-13(12)15(17,18)19/h2,4-5,10,14,20H,1,3,6-9H2/t14-/m0/s1. The number of alkyl halides is 3. The molecule has 1 aliphatic rings. The van der Waals surface area contributed by atoms with Crippen LogP contribution in [0.25, 0.3) is 0 Å². The quantitative estimate of drug-likeness (QED) is 0.848. The molecule has 1 fully saturated rings. The van der Waals surface area contributed by atoms with Crippen molar-refractivity contribution in [3.8, 4) is 0 Å². The van der Waals surface area contributed by atoms with E-state index in [0.717, 1.165) is 32.2 Å². The number of nitrogens with one attached hydrogen (secondary N) is 1. The van der Waals surface area contributed by atoms with Gasteiger partial charge in [-0.05, 0) is 24.1 Å². The zero-order chi connectivity index (χ0) is 15.5. The van der Waals surface area contributed by atoms with Gasteiger partial charge >= 0.3 is 6.18 Å². The van der Waals surface area contributed by atoms with Gasteiger partial charge in [0.05, 0.1) is 5.56 Å². The van der Waals surface area contributed by atoms with Crippen LogP contribution in [0.5, 0.6) is 0 Å². The minimum atomic E-state index is -4.41. The van der Waals surface area contributed by atoms with Gasteiger partial charge in [-0.25, -0.2) is 0 Å². The zero-order valence-electron chi connectivity index (χ0n) is 11.6. The zero-order valence-corrected chi connectivity index (χ0v) is 12.3. The first-order valence-corrected chi connectivity index (χ1v) is 7.23. The van der Waals surface area contributed by atoms with Crippen LogP contribution in [0.2, 0.25) is 5.02 Å². The van der Waals surface area contributed by atoms with Gasteiger partial charge in [0, 0.05) is 37.2 Å². The van der Waals surface area contributed by atoms with Gasteiger partial charge in [-0.3, -0.25) is 4.90 Å². The molecule has 1 N–H and O–H groups in total. The second-order valence-corrected chi connectivity index (χ2v) is 5.49. The van der Waals surface area contributed by atoms with Crippen LogP contribution in [-0.2, 0) is 6.18 Å². The van der Waals surface area contributed by atoms with Crippen LogP contribution >= 0.6 is 11.6 Å². The summed E-state index contributed by atoms with van der Waals surface area (Å²) < 4.78 is 39.8. The number of hydrogen-bond donors (Lipinski definition) is 1. The summed E-state index contributed by atoms with van der Waals surface area (Å²) in [7, 11) is 0. The Morgan fingerprint density at radius 3 is 2.57 bits per heavy atom. The van der Waals surface area contributed by atoms with E-state index in [0.29, 0.717) is 6.42 Å². The highest BCUT2D eigenvalue weighted by Crippen LogP contribution is 2.39. The molecule has 0 unspecified atom stereocenters. The Morgan fingerprint density at radius 1 is 1.33 bits per heavy atom. The minimum absolute atomic E-state index is 0.101. The fourth-order valence-corrected chi connectivity index (χ4v) is 2.86. The molecule has 21 heavy (non-hydrogen) atoms. The van der Waals surface area contributed by atoms with Crippen LogP contribution in [0.3, 0.4) is 0 Å². The van der Waals surface area contributed by atoms with Crippen LogP contribution in [0.1, 0.15) is 23.6 Å². The maximum Gasteiger partial charge on any atom is 0.416 e. The summed E-state index contributed by atoms with van der Waals surface area (Å²) in [5, 5.41) is 3.31. The van der Waals surface area contributed by atoms with Crippen molar-refractivity contribution in [2.24, 2.45) is 0 Å². The Morgan fingerprint density at radius 2 is 2.00 bits per heavy atom. The van der Waals surface area contributed by atoms with E-state index in [1.54, 1.807) is 6.08 Å². The molecule has 2 rings (SSSR count). The second-order valence-electron chi connectivity index (χ2n) is 5.06. The van der Waals surface area contributed by atoms with E-state index in [2.05, 4.69) is 16.8 Å². The Bertz CT molecular complexity index is 496. The van der Waals surface area contributed by atoms with Crippen LogP contribution in [0.15, 0.2) is 30.9 Å². The molecule has 1 saturated heterocycles. The number of piperazine rings is 1. The van der Waals surface area contributed by atoms with Crippen molar-refractivity contribution >= 4 is 11.6 Å². The van der Waals surface area contributed by atoms with Crippen molar-refractivity contribution in [1.82, 2.24) is 10.2 Å². The average Bonchev–Trinajstić information content (AvgIpc) is 2.45. The van der Waals surface area contributed by atoms with Crippen molar-refractivity contribution < 1.29 is 13.2 Å². The molecule has 0 amide bonds. The van der Waals surface area contributed by atoms with Crippen LogP contribution in [0, 0.1) is 0 Å². The Kier molecular flexibility index (Phi) is 5.30. The molecule has 0 bridgehead atoms. The molecule has 6 heteroatoms. The fraction of sp³-hybridized carbons (Fsp3) is 0.467. The normalized spacial score (nSPS) is 18.5. The number of hydrogen-bond acceptors (Lipinski definition) is 2. The summed E-state index contributed by atoms with van der Waals surface area (Å²) in [4.78, 5) is 2.07. The van der Waals surface area contributed by atoms with E-state index in [4.69, 9.17) is 11.6 Å². The smallest absolute Gasteiger partial charge is 0.314 e. The maximum absolute atomic E-state index is 13.3. The summed E-state index contributed by atoms with van der Waals surface area (Å²) in [6, 6.07) is 3.69. The summed E-state index contributed by atoms with van der Waals surface area (Å²) >= 11 is 5.75. The lowest BCUT2D eigenvalue weighted by molar-refractivity contribution is -0.138. The average molecular weight is 319 g/mol. The van der Waals surface area contributed by atoms with Gasteiger partial charge in [-0.1, -0.05) is 23.7 Å². The molecule has 0 saturated carbocycles. The van der Waals surface area contributed by atoms with E-state index in [1.807, 2.05) is 0 Å². The van der Waals surface area contributed by atoms with E-state index in [-0.39, 0.29) is 16.6 Å². The van der Waals surface area contributed by atoms with Gasteiger partial charge in [-0.2, -0.15) is 13.2 Å². The molecule has 0 aromatic heterocycles. The second kappa shape index (κ2) is 6.81. The molecular weight excluding hydrogens is 301 g/mol. The number of nitrogens with zero attached hydrogens (tertiary/aromatic N) is 1. The van der Waals surface area contributed by atoms with E-state index in [1.165, 1.54) is 12.1 Å². The third kappa shape index (κ3) is 3.99. The Balaban J connectivity index is 2.41. The third-order valence-corrected chi connectivity index (χ3v) is 3.90. The fourth-order valence-electron chi connectivity index (χ4n) is 2.69. The maximum atomic E-state index is 13.3. The molecule has 1 aromatic carbocycles. The SMILES string of the molecule is C=CC[C@@H](c1ccc(Cl)cc1C(F)(F)F)N1CCNCC1. The van der Waals surface area contributed by atoms with Gasteiger partial charge < -0.3 is 5.32 Å². The first-order chi connectivity index (χ1) is 9.93. The molecule has 0 aliphatic carbocycles. The minimum Gasteiger partial charge on any atom is -0.314 e. The molecule has 116 valence electrons. The van der Waals surface area contributed by atoms with Crippen molar-refractivity contribution in [2.45, 2.75) is 18.6 Å². The topological polar surface area (TPSA) is 15.3 Å². The van der Waals surface area contributed by atoms with Gasteiger partial charge in [0.1, 0.15) is 0 Å². The molecule has 2 nitrogen and oxygen atoms in total. The highest BCUT2D eigenvalue weighted by molar-refractivity contribution is 6.30. The lowest BCUT2D eigenvalue weighted by Gasteiger charge is -2.36. The van der Waals surface area contributed by atoms with Crippen LogP contribution < -0.4 is 5.32 Å². The van der Waals surface area contributed by atoms with Crippen LogP contribution in [0.4, 0.5) is 13.2 Å². The lowest BCUT2D eigenvalue weighted by Crippen LogP contribution is -2.45. The summed E-state index contributed by atoms with van der Waals surface area (Å²) in [5.41, 5.74) is -0.380. The van der Waals surface area contributed by atoms with Gasteiger partial charge in [0.15, 0.2) is 0 Å². The first kappa shape index (κ1) is 16.3. The molecule has 1 heterocycles. The summed E-state index contributed by atoms with van der Waals surface area (Å²) in [6.07, 6.45) is -2.26. The van der Waals surface area contributed by atoms with Crippen molar-refractivity contribution in [2.75, 3.05) is 26.2 Å². The lowest BCUT2D eigenvalue weighted by atomic mass is 9.95. The van der Waals surface area contributed by atoms with Crippen molar-refractivity contribution in [3.63, 3.8) is 0 Å². The Hall–Kier alpha value is -1.04. The van der Waals surface area contributed by atoms with Crippen LogP contribution in [-0.4, -0.2) is 31.1 Å². The predicted molar refractivity (Wildman–Crippen MR) is 78.5 cm³/mol. The Labute approximate surface area is 127 Å². The first-order valence-electron chi connectivity index (χ1n) is 6.86. The van der Waals surface area contributed by atoms with Gasteiger partial charge in [0.25, 0.3) is 0 Å². The predicted octanol–water partition coefficient (Wildman–Crippen LogP) is 3.88. The summed E-state index contributed by atoms with van der Waals surface area (Å²) in [6.45, 7) is 6.68. The number of rotatable bonds is 4. The largest absolute Gasteiger partial charge is 0.416 e. The molecule has 0 spiro atoms. The molecule has 1 atom stereocenters. The highest BCUT2D eigenvalue weighted by atomic mass is 35.5. The van der Waals surface area contributed by atoms with Crippen molar-refractivity contribution in [3.05, 3.63) is 47.0 Å². The van der Waals surface area contributed by atoms with E-state index < -0.39 is 11.7 Å². The monoisotopic (exact) mass is 318 g/mol. The van der Waals surface area contributed by atoms with Gasteiger partial charge in [-0.15, -0.1) is 6.58 Å². The van der Waals surface area contributed by atoms with E-state index in [9.17, 15) is 13.2 Å². The van der Waals surface area contributed by atoms with Gasteiger partial charge in [0.2, 0.25) is 0 Å². The van der Waals surface area contributed by atoms with E-state index >= 15 is 0 Å². The summed E-state index contributed by atoms with van der Waals surface area (Å²) in [5.74, 6) is 0. The van der Waals surface area contributed by atoms with Crippen molar-refractivity contribution in [1.29, 1.82) is 0 Å². The molecule has 0 radical (unpaired) electrons. The third-order valence-electron chi connectivity index (χ3n) is 3.66.